The Kier molecular flexibility index (Phi) is 2.55. The third-order valence-electron chi connectivity index (χ3n) is 5.53. The molecule has 0 aliphatic heterocycles. The van der Waals surface area contributed by atoms with Gasteiger partial charge in [0.1, 0.15) is 11.2 Å². The summed E-state index contributed by atoms with van der Waals surface area (Å²) in [7, 11) is 0. The molecule has 3 aromatic rings. The van der Waals surface area contributed by atoms with Crippen molar-refractivity contribution in [3.63, 3.8) is 0 Å². The van der Waals surface area contributed by atoms with E-state index in [9.17, 15) is 0 Å². The third-order valence-corrected chi connectivity index (χ3v) is 6.67. The highest BCUT2D eigenvalue weighted by atomic mass is 79.9. The first-order chi connectivity index (χ1) is 10.3. The maximum absolute atomic E-state index is 5.92. The van der Waals surface area contributed by atoms with Gasteiger partial charge >= 0.3 is 0 Å². The quantitative estimate of drug-likeness (QED) is 0.516. The molecule has 3 atom stereocenters. The average Bonchev–Trinajstić information content (AvgIpc) is 2.88. The number of hydrogen-bond acceptors (Lipinski definition) is 1. The zero-order valence-electron chi connectivity index (χ0n) is 11.8. The van der Waals surface area contributed by atoms with Crippen LogP contribution in [0.5, 0.6) is 0 Å². The zero-order valence-corrected chi connectivity index (χ0v) is 13.3. The second-order valence-corrected chi connectivity index (χ2v) is 7.58. The lowest BCUT2D eigenvalue weighted by molar-refractivity contribution is 0.583. The summed E-state index contributed by atoms with van der Waals surface area (Å²) in [6.07, 6.45) is 4.32. The lowest BCUT2D eigenvalue weighted by atomic mass is 10.0. The predicted molar refractivity (Wildman–Crippen MR) is 89.7 cm³/mol. The Morgan fingerprint density at radius 1 is 0.952 bits per heavy atom. The molecule has 0 N–H and O–H groups in total. The molecule has 2 heteroatoms. The highest BCUT2D eigenvalue weighted by Crippen LogP contribution is 2.64. The van der Waals surface area contributed by atoms with Crippen molar-refractivity contribution in [3.05, 3.63) is 48.0 Å². The van der Waals surface area contributed by atoms with E-state index in [1.807, 2.05) is 12.1 Å². The maximum atomic E-state index is 5.92. The fourth-order valence-corrected chi connectivity index (χ4v) is 5.52. The van der Waals surface area contributed by atoms with Gasteiger partial charge in [-0.3, -0.25) is 0 Å². The fourth-order valence-electron chi connectivity index (χ4n) is 4.45. The number of alkyl halides is 1. The van der Waals surface area contributed by atoms with Crippen LogP contribution in [0.4, 0.5) is 0 Å². The van der Waals surface area contributed by atoms with Gasteiger partial charge in [0.15, 0.2) is 0 Å². The second-order valence-electron chi connectivity index (χ2n) is 6.59. The summed E-state index contributed by atoms with van der Waals surface area (Å²) in [6.45, 7) is 0. The van der Waals surface area contributed by atoms with Crippen molar-refractivity contribution in [1.29, 1.82) is 0 Å². The van der Waals surface area contributed by atoms with Gasteiger partial charge in [-0.05, 0) is 54.4 Å². The summed E-state index contributed by atoms with van der Waals surface area (Å²) in [6, 6.07) is 15.0. The van der Waals surface area contributed by atoms with E-state index in [0.29, 0.717) is 4.83 Å². The van der Waals surface area contributed by atoms with Crippen LogP contribution in [0.25, 0.3) is 21.9 Å². The summed E-state index contributed by atoms with van der Waals surface area (Å²) < 4.78 is 5.92. The first kappa shape index (κ1) is 12.3. The minimum absolute atomic E-state index is 0.505. The third kappa shape index (κ3) is 1.75. The van der Waals surface area contributed by atoms with Crippen LogP contribution >= 0.6 is 15.9 Å². The Hall–Kier alpha value is -1.28. The molecule has 1 aromatic heterocycles. The first-order valence-electron chi connectivity index (χ1n) is 7.88. The van der Waals surface area contributed by atoms with Gasteiger partial charge in [0.2, 0.25) is 0 Å². The van der Waals surface area contributed by atoms with Crippen LogP contribution in [0, 0.1) is 17.8 Å². The van der Waals surface area contributed by atoms with Gasteiger partial charge in [-0.1, -0.05) is 46.6 Å². The molecule has 2 fully saturated rings. The van der Waals surface area contributed by atoms with Crippen molar-refractivity contribution >= 4 is 37.9 Å². The molecule has 2 aliphatic carbocycles. The maximum Gasteiger partial charge on any atom is 0.135 e. The minimum Gasteiger partial charge on any atom is -0.456 e. The van der Waals surface area contributed by atoms with Crippen molar-refractivity contribution in [2.45, 2.75) is 24.1 Å². The van der Waals surface area contributed by atoms with Crippen molar-refractivity contribution in [3.8, 4) is 0 Å². The molecule has 2 aliphatic rings. The number of halogens is 1. The van der Waals surface area contributed by atoms with E-state index in [1.54, 1.807) is 0 Å². The molecule has 3 unspecified atom stereocenters. The lowest BCUT2D eigenvalue weighted by Gasteiger charge is -2.12. The molecule has 1 nitrogen and oxygen atoms in total. The largest absolute Gasteiger partial charge is 0.456 e. The summed E-state index contributed by atoms with van der Waals surface area (Å²) in [4.78, 5) is 0.505. The Labute approximate surface area is 132 Å². The van der Waals surface area contributed by atoms with Crippen LogP contribution in [0.3, 0.4) is 0 Å². The number of furan rings is 1. The van der Waals surface area contributed by atoms with E-state index in [0.717, 1.165) is 28.9 Å². The summed E-state index contributed by atoms with van der Waals surface area (Å²) in [5, 5.41) is 2.48. The first-order valence-corrected chi connectivity index (χ1v) is 8.80. The molecule has 0 saturated heterocycles. The Morgan fingerprint density at radius 2 is 1.71 bits per heavy atom. The van der Waals surface area contributed by atoms with E-state index in [-0.39, 0.29) is 0 Å². The van der Waals surface area contributed by atoms with E-state index in [1.165, 1.54) is 35.6 Å². The van der Waals surface area contributed by atoms with Crippen LogP contribution in [-0.2, 0) is 0 Å². The predicted octanol–water partition coefficient (Wildman–Crippen LogP) is 6.07. The summed E-state index contributed by atoms with van der Waals surface area (Å²) >= 11 is 3.98. The number of fused-ring (bicyclic) bond motifs is 4. The molecular weight excluding hydrogens is 324 g/mol. The van der Waals surface area contributed by atoms with Crippen LogP contribution in [0.2, 0.25) is 0 Å². The molecule has 0 amide bonds. The lowest BCUT2D eigenvalue weighted by Crippen LogP contribution is -1.97. The van der Waals surface area contributed by atoms with E-state index >= 15 is 0 Å². The number of benzene rings is 2. The molecule has 5 rings (SSSR count). The zero-order chi connectivity index (χ0) is 14.0. The molecule has 21 heavy (non-hydrogen) atoms. The monoisotopic (exact) mass is 340 g/mol. The van der Waals surface area contributed by atoms with Gasteiger partial charge in [-0.15, -0.1) is 0 Å². The Morgan fingerprint density at radius 3 is 2.57 bits per heavy atom. The minimum atomic E-state index is 0.505. The average molecular weight is 341 g/mol. The summed E-state index contributed by atoms with van der Waals surface area (Å²) in [5.74, 6) is 2.81. The van der Waals surface area contributed by atoms with Crippen LogP contribution in [0.1, 0.15) is 29.7 Å². The Balaban J connectivity index is 1.59. The van der Waals surface area contributed by atoms with Crippen LogP contribution < -0.4 is 0 Å². The molecule has 2 saturated carbocycles. The normalized spacial score (nSPS) is 28.9. The molecular formula is C19H17BrO. The van der Waals surface area contributed by atoms with Crippen molar-refractivity contribution in [1.82, 2.24) is 0 Å². The second kappa shape index (κ2) is 4.36. The molecule has 0 spiro atoms. The van der Waals surface area contributed by atoms with Gasteiger partial charge in [-0.25, -0.2) is 0 Å². The molecule has 106 valence electrons. The standard InChI is InChI=1S/C19H17BrO/c20-19(18-13-5-3-6-14(13)18)11-8-9-17-15(10-11)12-4-1-2-7-16(12)21-17/h1-2,4,7-10,13-14,18-19H,3,5-6H2. The highest BCUT2D eigenvalue weighted by molar-refractivity contribution is 9.09. The van der Waals surface area contributed by atoms with Crippen molar-refractivity contribution in [2.75, 3.05) is 0 Å². The summed E-state index contributed by atoms with van der Waals surface area (Å²) in [5.41, 5.74) is 3.39. The number of rotatable bonds is 2. The van der Waals surface area contributed by atoms with Gasteiger partial charge < -0.3 is 4.42 Å². The van der Waals surface area contributed by atoms with Crippen molar-refractivity contribution < 1.29 is 4.42 Å². The molecule has 0 radical (unpaired) electrons. The van der Waals surface area contributed by atoms with E-state index < -0.39 is 0 Å². The molecule has 0 bridgehead atoms. The molecule has 2 aromatic carbocycles. The smallest absolute Gasteiger partial charge is 0.135 e. The Bertz CT molecular complexity index is 824. The van der Waals surface area contributed by atoms with E-state index in [4.69, 9.17) is 4.42 Å². The van der Waals surface area contributed by atoms with Crippen molar-refractivity contribution in [2.24, 2.45) is 17.8 Å². The van der Waals surface area contributed by atoms with Crippen LogP contribution in [-0.4, -0.2) is 0 Å². The number of para-hydroxylation sites is 1. The van der Waals surface area contributed by atoms with Gasteiger partial charge in [-0.2, -0.15) is 0 Å². The number of hydrogen-bond donors (Lipinski definition) is 0. The van der Waals surface area contributed by atoms with Gasteiger partial charge in [0, 0.05) is 15.6 Å². The highest BCUT2D eigenvalue weighted by Gasteiger charge is 2.55. The van der Waals surface area contributed by atoms with Gasteiger partial charge in [0.05, 0.1) is 0 Å². The topological polar surface area (TPSA) is 13.1 Å². The molecule has 1 heterocycles. The van der Waals surface area contributed by atoms with Crippen LogP contribution in [0.15, 0.2) is 46.9 Å². The van der Waals surface area contributed by atoms with Gasteiger partial charge in [0.25, 0.3) is 0 Å². The fraction of sp³-hybridized carbons (Fsp3) is 0.368. The van der Waals surface area contributed by atoms with E-state index in [2.05, 4.69) is 46.3 Å². The SMILES string of the molecule is BrC(c1ccc2oc3ccccc3c2c1)C1C2CCCC21.